The Morgan fingerprint density at radius 3 is 2.23 bits per heavy atom. The standard InChI is InChI=1S/C46H40Cl2N4O8/c1-26(2)59-46(56)52-24-34-22-41-38(50-44(54)42(60-41)32-13-15-35(16-14-32)58-25-29-8-17-36(47)37(48)18-29)20-33(34)21-40(52)43(53)51-39(45(55)57-3)19-27-4-9-30(10-5-27)31-11-6-28(23-49)7-12-31/h4-18,20,22,26,39-40,42H,19,21,24-25H2,1-3H3,(H,50,54)(H,51,53)/t39-,40?,42?/m0/s1. The van der Waals surface area contributed by atoms with Crippen molar-refractivity contribution in [3.05, 3.63) is 147 Å². The summed E-state index contributed by atoms with van der Waals surface area (Å²) in [6.45, 7) is 3.69. The number of ether oxygens (including phenoxy) is 4. The molecular weight excluding hydrogens is 807 g/mol. The zero-order chi connectivity index (χ0) is 42.5. The van der Waals surface area contributed by atoms with Gasteiger partial charge in [0.15, 0.2) is 0 Å². The third-order valence-corrected chi connectivity index (χ3v) is 10.9. The number of nitrogens with zero attached hydrogens (tertiary/aromatic N) is 2. The van der Waals surface area contributed by atoms with E-state index in [0.717, 1.165) is 22.3 Å². The molecule has 14 heteroatoms. The summed E-state index contributed by atoms with van der Waals surface area (Å²) in [7, 11) is 1.24. The fraction of sp³-hybridized carbons (Fsp3) is 0.239. The fourth-order valence-corrected chi connectivity index (χ4v) is 7.37. The van der Waals surface area contributed by atoms with Crippen LogP contribution in [0.15, 0.2) is 103 Å². The van der Waals surface area contributed by atoms with Gasteiger partial charge in [0.05, 0.1) is 47.1 Å². The lowest BCUT2D eigenvalue weighted by Gasteiger charge is -2.37. The van der Waals surface area contributed by atoms with Crippen LogP contribution in [0.25, 0.3) is 11.1 Å². The van der Waals surface area contributed by atoms with Gasteiger partial charge in [-0.1, -0.05) is 77.8 Å². The number of hydrogen-bond acceptors (Lipinski definition) is 9. The number of anilines is 1. The van der Waals surface area contributed by atoms with Gasteiger partial charge in [-0.05, 0) is 95.8 Å². The van der Waals surface area contributed by atoms with Gasteiger partial charge in [0.25, 0.3) is 5.91 Å². The van der Waals surface area contributed by atoms with Gasteiger partial charge in [-0.15, -0.1) is 0 Å². The molecule has 0 saturated heterocycles. The molecule has 306 valence electrons. The average Bonchev–Trinajstić information content (AvgIpc) is 3.25. The van der Waals surface area contributed by atoms with Crippen molar-refractivity contribution in [2.24, 2.45) is 0 Å². The van der Waals surface area contributed by atoms with E-state index in [9.17, 15) is 19.2 Å². The molecule has 2 aliphatic rings. The summed E-state index contributed by atoms with van der Waals surface area (Å²) in [4.78, 5) is 55.4. The zero-order valence-electron chi connectivity index (χ0n) is 32.9. The van der Waals surface area contributed by atoms with Crippen molar-refractivity contribution in [2.45, 2.75) is 64.1 Å². The van der Waals surface area contributed by atoms with Gasteiger partial charge in [-0.3, -0.25) is 14.5 Å². The van der Waals surface area contributed by atoms with Crippen molar-refractivity contribution >= 4 is 52.8 Å². The molecule has 3 atom stereocenters. The lowest BCUT2D eigenvalue weighted by atomic mass is 9.92. The van der Waals surface area contributed by atoms with Crippen LogP contribution < -0.4 is 20.1 Å². The number of methoxy groups -OCH3 is 1. The monoisotopic (exact) mass is 846 g/mol. The topological polar surface area (TPSA) is 156 Å². The summed E-state index contributed by atoms with van der Waals surface area (Å²) in [5.41, 5.74) is 6.43. The average molecular weight is 848 g/mol. The van der Waals surface area contributed by atoms with Gasteiger partial charge in [-0.25, -0.2) is 9.59 Å². The van der Waals surface area contributed by atoms with E-state index in [1.54, 1.807) is 74.5 Å². The molecule has 2 aliphatic heterocycles. The first-order valence-corrected chi connectivity index (χ1v) is 19.9. The Balaban J connectivity index is 1.06. The highest BCUT2D eigenvalue weighted by Crippen LogP contribution is 2.40. The largest absolute Gasteiger partial charge is 0.489 e. The third-order valence-electron chi connectivity index (χ3n) is 10.2. The minimum atomic E-state index is -1.07. The summed E-state index contributed by atoms with van der Waals surface area (Å²) in [6.07, 6.45) is -1.94. The number of rotatable bonds is 11. The first-order chi connectivity index (χ1) is 28.9. The molecule has 60 heavy (non-hydrogen) atoms. The second kappa shape index (κ2) is 18.2. The summed E-state index contributed by atoms with van der Waals surface area (Å²) in [6, 6.07) is 30.4. The van der Waals surface area contributed by atoms with Gasteiger partial charge in [0.2, 0.25) is 12.0 Å². The number of hydrogen-bond donors (Lipinski definition) is 2. The molecule has 7 rings (SSSR count). The highest BCUT2D eigenvalue weighted by Gasteiger charge is 2.39. The molecule has 0 aliphatic carbocycles. The molecule has 5 aromatic rings. The van der Waals surface area contributed by atoms with Crippen LogP contribution in [-0.2, 0) is 49.9 Å². The molecule has 3 amide bonds. The lowest BCUT2D eigenvalue weighted by Crippen LogP contribution is -2.56. The van der Waals surface area contributed by atoms with E-state index in [1.807, 2.05) is 42.5 Å². The first-order valence-electron chi connectivity index (χ1n) is 19.1. The van der Waals surface area contributed by atoms with E-state index in [-0.39, 0.29) is 31.9 Å². The second-order valence-corrected chi connectivity index (χ2v) is 15.5. The van der Waals surface area contributed by atoms with Crippen LogP contribution in [0.3, 0.4) is 0 Å². The molecule has 0 fully saturated rings. The fourth-order valence-electron chi connectivity index (χ4n) is 7.05. The predicted molar refractivity (Wildman–Crippen MR) is 225 cm³/mol. The molecule has 2 unspecified atom stereocenters. The summed E-state index contributed by atoms with van der Waals surface area (Å²) in [5.74, 6) is -0.635. The van der Waals surface area contributed by atoms with Gasteiger partial charge in [0, 0.05) is 18.4 Å². The van der Waals surface area contributed by atoms with Crippen LogP contribution >= 0.6 is 23.2 Å². The van der Waals surface area contributed by atoms with Gasteiger partial charge in [-0.2, -0.15) is 5.26 Å². The number of halogens is 2. The normalized spacial score (nSPS) is 15.9. The Kier molecular flexibility index (Phi) is 12.6. The zero-order valence-corrected chi connectivity index (χ0v) is 34.4. The molecule has 5 aromatic carbocycles. The van der Waals surface area contributed by atoms with Gasteiger partial charge >= 0.3 is 12.1 Å². The van der Waals surface area contributed by atoms with Crippen LogP contribution in [0, 0.1) is 11.3 Å². The Morgan fingerprint density at radius 2 is 1.58 bits per heavy atom. The molecule has 2 N–H and O–H groups in total. The van der Waals surface area contributed by atoms with Crippen molar-refractivity contribution in [1.29, 1.82) is 5.26 Å². The van der Waals surface area contributed by atoms with Crippen molar-refractivity contribution < 1.29 is 38.1 Å². The minimum Gasteiger partial charge on any atom is -0.489 e. The van der Waals surface area contributed by atoms with Crippen molar-refractivity contribution in [3.8, 4) is 28.7 Å². The molecule has 0 aromatic heterocycles. The van der Waals surface area contributed by atoms with Crippen LogP contribution in [-0.4, -0.2) is 54.1 Å². The van der Waals surface area contributed by atoms with Crippen LogP contribution in [0.1, 0.15) is 53.3 Å². The van der Waals surface area contributed by atoms with Gasteiger partial charge < -0.3 is 29.6 Å². The summed E-state index contributed by atoms with van der Waals surface area (Å²) >= 11 is 12.1. The second-order valence-electron chi connectivity index (χ2n) is 14.7. The van der Waals surface area contributed by atoms with Crippen LogP contribution in [0.2, 0.25) is 10.0 Å². The van der Waals surface area contributed by atoms with E-state index in [2.05, 4.69) is 16.7 Å². The maximum atomic E-state index is 14.1. The van der Waals surface area contributed by atoms with E-state index in [4.69, 9.17) is 47.4 Å². The summed E-state index contributed by atoms with van der Waals surface area (Å²) in [5, 5.41) is 15.8. The smallest absolute Gasteiger partial charge is 0.411 e. The number of carbonyl (C=O) groups is 4. The Morgan fingerprint density at radius 1 is 0.900 bits per heavy atom. The SMILES string of the molecule is COC(=O)[C@H](Cc1ccc(-c2ccc(C#N)cc2)cc1)NC(=O)C1Cc2cc3c(cc2CN1C(=O)OC(C)C)OC(c1ccc(OCc2ccc(Cl)c(Cl)c2)cc1)C(=O)N3. The summed E-state index contributed by atoms with van der Waals surface area (Å²) < 4.78 is 22.8. The van der Waals surface area contributed by atoms with Crippen molar-refractivity contribution in [3.63, 3.8) is 0 Å². The number of fused-ring (bicyclic) bond motifs is 2. The first kappa shape index (κ1) is 41.6. The predicted octanol–water partition coefficient (Wildman–Crippen LogP) is 8.36. The molecule has 0 spiro atoms. The van der Waals surface area contributed by atoms with E-state index < -0.39 is 42.3 Å². The van der Waals surface area contributed by atoms with E-state index in [0.29, 0.717) is 49.5 Å². The van der Waals surface area contributed by atoms with Crippen molar-refractivity contribution in [1.82, 2.24) is 10.2 Å². The highest BCUT2D eigenvalue weighted by molar-refractivity contribution is 6.42. The Hall–Kier alpha value is -6.55. The van der Waals surface area contributed by atoms with Gasteiger partial charge in [0.1, 0.15) is 30.2 Å². The number of nitriles is 1. The molecule has 12 nitrogen and oxygen atoms in total. The van der Waals surface area contributed by atoms with E-state index in [1.165, 1.54) is 12.0 Å². The molecule has 0 bridgehead atoms. The molecular formula is C46H40Cl2N4O8. The van der Waals surface area contributed by atoms with E-state index >= 15 is 0 Å². The van der Waals surface area contributed by atoms with Crippen LogP contribution in [0.5, 0.6) is 11.5 Å². The number of benzene rings is 5. The number of esters is 1. The third kappa shape index (κ3) is 9.49. The Bertz CT molecular complexity index is 2470. The maximum absolute atomic E-state index is 14.1. The Labute approximate surface area is 356 Å². The molecule has 0 radical (unpaired) electrons. The van der Waals surface area contributed by atoms with Crippen LogP contribution in [0.4, 0.5) is 10.5 Å². The lowest BCUT2D eigenvalue weighted by molar-refractivity contribution is -0.145. The molecule has 2 heterocycles. The minimum absolute atomic E-state index is 0.00120. The number of amides is 3. The highest BCUT2D eigenvalue weighted by atomic mass is 35.5. The molecule has 0 saturated carbocycles. The maximum Gasteiger partial charge on any atom is 0.411 e. The van der Waals surface area contributed by atoms with Crippen molar-refractivity contribution in [2.75, 3.05) is 12.4 Å². The number of nitrogens with one attached hydrogen (secondary N) is 2. The quantitative estimate of drug-likeness (QED) is 0.125. The number of carbonyl (C=O) groups excluding carboxylic acids is 4.